The van der Waals surface area contributed by atoms with Gasteiger partial charge in [0.1, 0.15) is 6.10 Å². The van der Waals surface area contributed by atoms with Gasteiger partial charge >= 0.3 is 0 Å². The van der Waals surface area contributed by atoms with Crippen molar-refractivity contribution in [3.05, 3.63) is 42.1 Å². The maximum Gasteiger partial charge on any atom is 0.194 e. The molecular formula is C20H26N4O2. The van der Waals surface area contributed by atoms with E-state index in [1.807, 2.05) is 25.4 Å². The number of aromatic nitrogens is 1. The molecule has 0 radical (unpaired) electrons. The van der Waals surface area contributed by atoms with E-state index < -0.39 is 0 Å². The Balaban J connectivity index is 1.42. The van der Waals surface area contributed by atoms with E-state index in [4.69, 9.17) is 9.47 Å². The van der Waals surface area contributed by atoms with Gasteiger partial charge in [-0.3, -0.25) is 9.98 Å². The molecule has 26 heavy (non-hydrogen) atoms. The number of nitrogens with zero attached hydrogens (tertiary/aromatic N) is 3. The van der Waals surface area contributed by atoms with E-state index >= 15 is 0 Å². The molecule has 4 rings (SSSR count). The van der Waals surface area contributed by atoms with Crippen LogP contribution in [0.4, 0.5) is 0 Å². The zero-order valence-corrected chi connectivity index (χ0v) is 15.2. The fraction of sp³-hybridized carbons (Fsp3) is 0.500. The minimum Gasteiger partial charge on any atom is -0.375 e. The summed E-state index contributed by atoms with van der Waals surface area (Å²) < 4.78 is 11.8. The van der Waals surface area contributed by atoms with Crippen molar-refractivity contribution in [1.29, 1.82) is 0 Å². The maximum absolute atomic E-state index is 5.95. The molecule has 1 aromatic heterocycles. The van der Waals surface area contributed by atoms with Crippen LogP contribution in [-0.2, 0) is 16.0 Å². The lowest BCUT2D eigenvalue weighted by Crippen LogP contribution is -2.53. The Hall–Kier alpha value is -2.18. The SMILES string of the molecule is CN=C(NCc1ccnc2ccccc12)N1CCOC(C2CCCO2)C1. The fourth-order valence-electron chi connectivity index (χ4n) is 3.80. The third-order valence-electron chi connectivity index (χ3n) is 5.16. The number of pyridine rings is 1. The number of fused-ring (bicyclic) bond motifs is 1. The summed E-state index contributed by atoms with van der Waals surface area (Å²) >= 11 is 0. The third-order valence-corrected chi connectivity index (χ3v) is 5.16. The van der Waals surface area contributed by atoms with Crippen molar-refractivity contribution in [3.63, 3.8) is 0 Å². The van der Waals surface area contributed by atoms with Gasteiger partial charge in [-0.1, -0.05) is 18.2 Å². The van der Waals surface area contributed by atoms with Crippen molar-refractivity contribution in [2.45, 2.75) is 31.6 Å². The molecule has 2 saturated heterocycles. The molecule has 0 aliphatic carbocycles. The number of benzene rings is 1. The Labute approximate surface area is 154 Å². The molecule has 138 valence electrons. The van der Waals surface area contributed by atoms with Crippen LogP contribution in [-0.4, -0.2) is 61.4 Å². The molecule has 0 amide bonds. The van der Waals surface area contributed by atoms with Crippen molar-refractivity contribution in [3.8, 4) is 0 Å². The average Bonchev–Trinajstić information content (AvgIpc) is 3.24. The first-order valence-corrected chi connectivity index (χ1v) is 9.36. The molecule has 6 heteroatoms. The van der Waals surface area contributed by atoms with Gasteiger partial charge in [-0.15, -0.1) is 0 Å². The van der Waals surface area contributed by atoms with Crippen LogP contribution in [0.15, 0.2) is 41.5 Å². The maximum atomic E-state index is 5.95. The predicted molar refractivity (Wildman–Crippen MR) is 102 cm³/mol. The van der Waals surface area contributed by atoms with Crippen LogP contribution < -0.4 is 5.32 Å². The number of guanidine groups is 1. The number of hydrogen-bond acceptors (Lipinski definition) is 4. The molecule has 2 atom stereocenters. The van der Waals surface area contributed by atoms with Crippen LogP contribution >= 0.6 is 0 Å². The second-order valence-corrected chi connectivity index (χ2v) is 6.79. The zero-order valence-electron chi connectivity index (χ0n) is 15.2. The number of rotatable bonds is 3. The second-order valence-electron chi connectivity index (χ2n) is 6.79. The highest BCUT2D eigenvalue weighted by Crippen LogP contribution is 2.21. The standard InChI is InChI=1S/C20H26N4O2/c1-21-20(24-10-12-26-19(14-24)18-7-4-11-25-18)23-13-15-8-9-22-17-6-3-2-5-16(15)17/h2-3,5-6,8-9,18-19H,4,7,10-14H2,1H3,(H,21,23). The first kappa shape index (κ1) is 17.2. The van der Waals surface area contributed by atoms with Crippen LogP contribution in [0.1, 0.15) is 18.4 Å². The number of ether oxygens (including phenoxy) is 2. The van der Waals surface area contributed by atoms with Gasteiger partial charge in [-0.05, 0) is 30.5 Å². The first-order valence-electron chi connectivity index (χ1n) is 9.36. The number of nitrogens with one attached hydrogen (secondary N) is 1. The van der Waals surface area contributed by atoms with E-state index in [1.54, 1.807) is 0 Å². The molecule has 0 bridgehead atoms. The van der Waals surface area contributed by atoms with Gasteiger partial charge in [0.25, 0.3) is 0 Å². The summed E-state index contributed by atoms with van der Waals surface area (Å²) in [5.74, 6) is 0.914. The van der Waals surface area contributed by atoms with Gasteiger partial charge in [0.2, 0.25) is 0 Å². The first-order chi connectivity index (χ1) is 12.8. The van der Waals surface area contributed by atoms with Gasteiger partial charge in [-0.2, -0.15) is 0 Å². The Morgan fingerprint density at radius 1 is 1.23 bits per heavy atom. The van der Waals surface area contributed by atoms with Crippen molar-refractivity contribution < 1.29 is 9.47 Å². The quantitative estimate of drug-likeness (QED) is 0.676. The predicted octanol–water partition coefficient (Wildman–Crippen LogP) is 2.19. The molecule has 2 unspecified atom stereocenters. The lowest BCUT2D eigenvalue weighted by atomic mass is 10.1. The van der Waals surface area contributed by atoms with Gasteiger partial charge in [0.05, 0.1) is 18.2 Å². The largest absolute Gasteiger partial charge is 0.375 e. The Kier molecular flexibility index (Phi) is 5.32. The highest BCUT2D eigenvalue weighted by Gasteiger charge is 2.32. The van der Waals surface area contributed by atoms with Gasteiger partial charge in [0.15, 0.2) is 5.96 Å². The summed E-state index contributed by atoms with van der Waals surface area (Å²) in [5.41, 5.74) is 2.24. The van der Waals surface area contributed by atoms with E-state index in [0.29, 0.717) is 6.61 Å². The van der Waals surface area contributed by atoms with Crippen molar-refractivity contribution in [1.82, 2.24) is 15.2 Å². The van der Waals surface area contributed by atoms with Crippen molar-refractivity contribution >= 4 is 16.9 Å². The molecule has 0 spiro atoms. The summed E-state index contributed by atoms with van der Waals surface area (Å²) in [5, 5.41) is 4.69. The summed E-state index contributed by atoms with van der Waals surface area (Å²) in [4.78, 5) is 11.2. The molecule has 2 aliphatic heterocycles. The summed E-state index contributed by atoms with van der Waals surface area (Å²) in [6.45, 7) is 3.95. The number of para-hydroxylation sites is 1. The smallest absolute Gasteiger partial charge is 0.194 e. The molecule has 1 N–H and O–H groups in total. The normalized spacial score (nSPS) is 24.2. The Bertz CT molecular complexity index is 768. The van der Waals surface area contributed by atoms with Gasteiger partial charge in [0, 0.05) is 44.9 Å². The molecule has 2 aliphatic rings. The third kappa shape index (κ3) is 3.66. The van der Waals surface area contributed by atoms with E-state index in [9.17, 15) is 0 Å². The highest BCUT2D eigenvalue weighted by molar-refractivity contribution is 5.83. The van der Waals surface area contributed by atoms with E-state index in [1.165, 1.54) is 10.9 Å². The van der Waals surface area contributed by atoms with E-state index in [2.05, 4.69) is 38.4 Å². The van der Waals surface area contributed by atoms with E-state index in [-0.39, 0.29) is 12.2 Å². The van der Waals surface area contributed by atoms with Crippen LogP contribution in [0.5, 0.6) is 0 Å². The summed E-state index contributed by atoms with van der Waals surface area (Å²) in [6.07, 6.45) is 4.44. The molecule has 6 nitrogen and oxygen atoms in total. The fourth-order valence-corrected chi connectivity index (χ4v) is 3.80. The Morgan fingerprint density at radius 2 is 2.12 bits per heavy atom. The lowest BCUT2D eigenvalue weighted by molar-refractivity contribution is -0.0817. The zero-order chi connectivity index (χ0) is 17.8. The molecule has 0 saturated carbocycles. The van der Waals surface area contributed by atoms with Crippen molar-refractivity contribution in [2.75, 3.05) is 33.4 Å². The highest BCUT2D eigenvalue weighted by atomic mass is 16.5. The topological polar surface area (TPSA) is 59.0 Å². The minimum absolute atomic E-state index is 0.131. The second kappa shape index (κ2) is 8.01. The van der Waals surface area contributed by atoms with E-state index in [0.717, 1.165) is 50.6 Å². The van der Waals surface area contributed by atoms with Crippen LogP contribution in [0.2, 0.25) is 0 Å². The molecule has 1 aromatic carbocycles. The molecule has 3 heterocycles. The van der Waals surface area contributed by atoms with Crippen molar-refractivity contribution in [2.24, 2.45) is 4.99 Å². The number of aliphatic imine (C=N–C) groups is 1. The Morgan fingerprint density at radius 3 is 2.96 bits per heavy atom. The summed E-state index contributed by atoms with van der Waals surface area (Å²) in [6, 6.07) is 10.3. The van der Waals surface area contributed by atoms with Crippen LogP contribution in [0.3, 0.4) is 0 Å². The molecular weight excluding hydrogens is 328 g/mol. The number of morpholine rings is 1. The van der Waals surface area contributed by atoms with Gasteiger partial charge in [-0.25, -0.2) is 0 Å². The van der Waals surface area contributed by atoms with Crippen LogP contribution in [0.25, 0.3) is 10.9 Å². The van der Waals surface area contributed by atoms with Crippen LogP contribution in [0, 0.1) is 0 Å². The van der Waals surface area contributed by atoms with Gasteiger partial charge < -0.3 is 19.7 Å². The average molecular weight is 354 g/mol. The number of hydrogen-bond donors (Lipinski definition) is 1. The monoisotopic (exact) mass is 354 g/mol. The lowest BCUT2D eigenvalue weighted by Gasteiger charge is -2.37. The minimum atomic E-state index is 0.131. The molecule has 2 aromatic rings. The molecule has 2 fully saturated rings. The summed E-state index contributed by atoms with van der Waals surface area (Å²) in [7, 11) is 1.84.